The molecule has 2 aromatic heterocycles. The number of fused-ring (bicyclic) bond motifs is 1. The quantitative estimate of drug-likeness (QED) is 0.856. The zero-order valence-corrected chi connectivity index (χ0v) is 10.6. The summed E-state index contributed by atoms with van der Waals surface area (Å²) in [5.41, 5.74) is 2.46. The lowest BCUT2D eigenvalue weighted by molar-refractivity contribution is 0.859. The van der Waals surface area contributed by atoms with Crippen molar-refractivity contribution < 1.29 is 0 Å². The van der Waals surface area contributed by atoms with Crippen LogP contribution in [0.25, 0.3) is 5.78 Å². The molecule has 15 heavy (non-hydrogen) atoms. The van der Waals surface area contributed by atoms with E-state index in [1.165, 1.54) is 11.4 Å². The monoisotopic (exact) mass is 267 g/mol. The lowest BCUT2D eigenvalue weighted by atomic mass is 10.2. The maximum Gasteiger partial charge on any atom is 0.234 e. The van der Waals surface area contributed by atoms with Crippen molar-refractivity contribution in [3.63, 3.8) is 0 Å². The molecule has 0 saturated heterocycles. The Kier molecular flexibility index (Phi) is 3.05. The van der Waals surface area contributed by atoms with Crippen LogP contribution in [0.15, 0.2) is 16.9 Å². The zero-order chi connectivity index (χ0) is 10.8. The molecule has 0 aliphatic carbocycles. The molecule has 0 aliphatic heterocycles. The van der Waals surface area contributed by atoms with E-state index in [-0.39, 0.29) is 0 Å². The maximum atomic E-state index is 4.55. The van der Waals surface area contributed by atoms with Gasteiger partial charge in [-0.3, -0.25) is 4.40 Å². The zero-order valence-electron chi connectivity index (χ0n) is 9.00. The molecule has 0 amide bonds. The van der Waals surface area contributed by atoms with E-state index in [1.54, 1.807) is 6.20 Å². The van der Waals surface area contributed by atoms with Gasteiger partial charge in [0.05, 0.1) is 10.2 Å². The summed E-state index contributed by atoms with van der Waals surface area (Å²) in [7, 11) is 0. The summed E-state index contributed by atoms with van der Waals surface area (Å²) in [6.45, 7) is 4.33. The largest absolute Gasteiger partial charge is 0.287 e. The van der Waals surface area contributed by atoms with Crippen LogP contribution >= 0.6 is 15.9 Å². The second kappa shape index (κ2) is 4.31. The van der Waals surface area contributed by atoms with Crippen molar-refractivity contribution in [1.29, 1.82) is 0 Å². The minimum absolute atomic E-state index is 0.804. The molecule has 0 N–H and O–H groups in total. The first-order chi connectivity index (χ1) is 7.26. The van der Waals surface area contributed by atoms with Crippen LogP contribution in [0.4, 0.5) is 0 Å². The molecule has 2 aromatic rings. The molecular formula is C11H14BrN3. The summed E-state index contributed by atoms with van der Waals surface area (Å²) < 4.78 is 3.07. The van der Waals surface area contributed by atoms with E-state index in [0.717, 1.165) is 29.5 Å². The van der Waals surface area contributed by atoms with Crippen molar-refractivity contribution in [3.05, 3.63) is 28.3 Å². The minimum atomic E-state index is 0.804. The molecule has 0 fully saturated rings. The van der Waals surface area contributed by atoms with Crippen LogP contribution in [0.3, 0.4) is 0 Å². The van der Waals surface area contributed by atoms with Crippen molar-refractivity contribution in [3.8, 4) is 0 Å². The number of hydrogen-bond donors (Lipinski definition) is 0. The Bertz CT molecular complexity index is 476. The fourth-order valence-corrected chi connectivity index (χ4v) is 2.12. The van der Waals surface area contributed by atoms with E-state index >= 15 is 0 Å². The van der Waals surface area contributed by atoms with Crippen LogP contribution in [-0.4, -0.2) is 14.4 Å². The molecular weight excluding hydrogens is 254 g/mol. The van der Waals surface area contributed by atoms with Crippen LogP contribution in [0, 0.1) is 0 Å². The summed E-state index contributed by atoms with van der Waals surface area (Å²) in [6, 6.07) is 0. The normalized spacial score (nSPS) is 11.1. The van der Waals surface area contributed by atoms with Crippen LogP contribution in [0.2, 0.25) is 0 Å². The van der Waals surface area contributed by atoms with Gasteiger partial charge in [0.25, 0.3) is 0 Å². The molecule has 3 nitrogen and oxygen atoms in total. The van der Waals surface area contributed by atoms with Crippen LogP contribution < -0.4 is 0 Å². The molecule has 80 valence electrons. The Morgan fingerprint density at radius 1 is 1.40 bits per heavy atom. The predicted molar refractivity (Wildman–Crippen MR) is 64.1 cm³/mol. The Balaban J connectivity index is 2.63. The fourth-order valence-electron chi connectivity index (χ4n) is 1.81. The highest BCUT2D eigenvalue weighted by Crippen LogP contribution is 2.16. The van der Waals surface area contributed by atoms with E-state index < -0.39 is 0 Å². The Morgan fingerprint density at radius 3 is 2.87 bits per heavy atom. The summed E-state index contributed by atoms with van der Waals surface area (Å²) in [5, 5.41) is 0. The second-order valence-electron chi connectivity index (χ2n) is 3.55. The van der Waals surface area contributed by atoms with Crippen molar-refractivity contribution in [2.45, 2.75) is 33.1 Å². The third kappa shape index (κ3) is 1.91. The first kappa shape index (κ1) is 10.6. The van der Waals surface area contributed by atoms with Gasteiger partial charge in [-0.05, 0) is 28.8 Å². The highest BCUT2D eigenvalue weighted by molar-refractivity contribution is 9.10. The van der Waals surface area contributed by atoms with Gasteiger partial charge in [0.2, 0.25) is 5.78 Å². The summed E-state index contributed by atoms with van der Waals surface area (Å²) >= 11 is 3.43. The second-order valence-corrected chi connectivity index (χ2v) is 4.47. The standard InChI is InChI=1S/C11H14BrN3/c1-3-5-9-10(4-2)15-7-8(12)6-13-11(15)14-9/h6-7H,3-5H2,1-2H3. The van der Waals surface area contributed by atoms with Crippen LogP contribution in [0.5, 0.6) is 0 Å². The molecule has 2 rings (SSSR count). The van der Waals surface area contributed by atoms with Crippen LogP contribution in [-0.2, 0) is 12.8 Å². The van der Waals surface area contributed by atoms with E-state index in [1.807, 2.05) is 6.20 Å². The number of aryl methyl sites for hydroxylation is 2. The summed E-state index contributed by atoms with van der Waals surface area (Å²) in [5.74, 6) is 0.804. The third-order valence-corrected chi connectivity index (χ3v) is 2.86. The van der Waals surface area contributed by atoms with Gasteiger partial charge in [-0.25, -0.2) is 9.97 Å². The summed E-state index contributed by atoms with van der Waals surface area (Å²) in [4.78, 5) is 8.84. The molecule has 0 spiro atoms. The predicted octanol–water partition coefficient (Wildman–Crippen LogP) is 3.01. The summed E-state index contributed by atoms with van der Waals surface area (Å²) in [6.07, 6.45) is 6.97. The van der Waals surface area contributed by atoms with Gasteiger partial charge in [-0.15, -0.1) is 0 Å². The number of imidazole rings is 1. The third-order valence-electron chi connectivity index (χ3n) is 2.45. The molecule has 0 atom stereocenters. The van der Waals surface area contributed by atoms with Gasteiger partial charge in [0.15, 0.2) is 0 Å². The van der Waals surface area contributed by atoms with Crippen molar-refractivity contribution in [2.24, 2.45) is 0 Å². The van der Waals surface area contributed by atoms with Gasteiger partial charge in [-0.2, -0.15) is 0 Å². The minimum Gasteiger partial charge on any atom is -0.287 e. The number of rotatable bonds is 3. The van der Waals surface area contributed by atoms with Crippen LogP contribution in [0.1, 0.15) is 31.7 Å². The topological polar surface area (TPSA) is 30.2 Å². The van der Waals surface area contributed by atoms with Crippen molar-refractivity contribution >= 4 is 21.7 Å². The molecule has 0 saturated carbocycles. The fraction of sp³-hybridized carbons (Fsp3) is 0.455. The van der Waals surface area contributed by atoms with Crippen molar-refractivity contribution in [1.82, 2.24) is 14.4 Å². The lowest BCUT2D eigenvalue weighted by Crippen LogP contribution is -1.95. The smallest absolute Gasteiger partial charge is 0.234 e. The van der Waals surface area contributed by atoms with E-state index in [4.69, 9.17) is 0 Å². The average molecular weight is 268 g/mol. The highest BCUT2D eigenvalue weighted by atomic mass is 79.9. The highest BCUT2D eigenvalue weighted by Gasteiger charge is 2.10. The van der Waals surface area contributed by atoms with Gasteiger partial charge < -0.3 is 0 Å². The molecule has 0 bridgehead atoms. The number of hydrogen-bond acceptors (Lipinski definition) is 2. The van der Waals surface area contributed by atoms with Gasteiger partial charge in [0, 0.05) is 18.1 Å². The van der Waals surface area contributed by atoms with Gasteiger partial charge in [-0.1, -0.05) is 20.3 Å². The average Bonchev–Trinajstić information content (AvgIpc) is 2.55. The first-order valence-corrected chi connectivity index (χ1v) is 6.07. The molecule has 0 radical (unpaired) electrons. The molecule has 0 unspecified atom stereocenters. The SMILES string of the molecule is CCCc1nc2ncc(Br)cn2c1CC. The maximum absolute atomic E-state index is 4.55. The lowest BCUT2D eigenvalue weighted by Gasteiger charge is -2.00. The first-order valence-electron chi connectivity index (χ1n) is 5.27. The van der Waals surface area contributed by atoms with Crippen molar-refractivity contribution in [2.75, 3.05) is 0 Å². The Hall–Kier alpha value is -0.900. The van der Waals surface area contributed by atoms with E-state index in [2.05, 4.69) is 44.1 Å². The number of halogens is 1. The Morgan fingerprint density at radius 2 is 2.20 bits per heavy atom. The molecule has 4 heteroatoms. The van der Waals surface area contributed by atoms with Gasteiger partial charge >= 0.3 is 0 Å². The number of nitrogens with zero attached hydrogens (tertiary/aromatic N) is 3. The molecule has 0 aromatic carbocycles. The van der Waals surface area contributed by atoms with E-state index in [9.17, 15) is 0 Å². The molecule has 2 heterocycles. The Labute approximate surface area is 97.7 Å². The number of aromatic nitrogens is 3. The molecule has 0 aliphatic rings. The van der Waals surface area contributed by atoms with Gasteiger partial charge in [0.1, 0.15) is 0 Å². The van der Waals surface area contributed by atoms with E-state index in [0.29, 0.717) is 0 Å².